The number of ether oxygens (including phenoxy) is 1. The van der Waals surface area contributed by atoms with Crippen molar-refractivity contribution in [1.82, 2.24) is 14.9 Å². The smallest absolute Gasteiger partial charge is 0.410 e. The van der Waals surface area contributed by atoms with E-state index in [2.05, 4.69) is 15.3 Å². The first kappa shape index (κ1) is 22.6. The van der Waals surface area contributed by atoms with Crippen LogP contribution in [0, 0.1) is 0 Å². The number of amides is 1. The molecular weight excluding hydrogens is 451 g/mol. The largest absolute Gasteiger partial charge is 0.444 e. The fraction of sp³-hybridized carbons (Fsp3) is 0.421. The van der Waals surface area contributed by atoms with Crippen LogP contribution in [-0.2, 0) is 27.5 Å². The lowest BCUT2D eigenvalue weighted by Gasteiger charge is -2.31. The molecule has 1 aromatic carbocycles. The number of aromatic nitrogens is 2. The monoisotopic (exact) mass is 472 g/mol. The van der Waals surface area contributed by atoms with E-state index in [1.807, 2.05) is 0 Å². The second-order valence-electron chi connectivity index (χ2n) is 7.95. The van der Waals surface area contributed by atoms with Gasteiger partial charge in [0.2, 0.25) is 15.0 Å². The Bertz CT molecular complexity index is 1100. The topological polar surface area (TPSA) is 101 Å². The predicted octanol–water partition coefficient (Wildman–Crippen LogP) is 4.22. The number of rotatable bonds is 3. The van der Waals surface area contributed by atoms with E-state index in [-0.39, 0.29) is 17.5 Å². The molecular formula is C19H22Cl2N4O4S. The van der Waals surface area contributed by atoms with Crippen molar-refractivity contribution < 1.29 is 17.9 Å². The predicted molar refractivity (Wildman–Crippen MR) is 115 cm³/mol. The van der Waals surface area contributed by atoms with Gasteiger partial charge in [-0.05, 0) is 39.0 Å². The molecule has 0 radical (unpaired) electrons. The molecule has 0 aliphatic carbocycles. The van der Waals surface area contributed by atoms with E-state index >= 15 is 0 Å². The maximum Gasteiger partial charge on any atom is 0.410 e. The fourth-order valence-electron chi connectivity index (χ4n) is 2.86. The van der Waals surface area contributed by atoms with Gasteiger partial charge in [-0.2, -0.15) is 0 Å². The van der Waals surface area contributed by atoms with E-state index in [1.54, 1.807) is 39.0 Å². The van der Waals surface area contributed by atoms with Gasteiger partial charge in [-0.25, -0.2) is 23.2 Å². The zero-order valence-electron chi connectivity index (χ0n) is 17.0. The SMILES string of the molecule is CC(C)(C)OC(=O)N1CCc2nc(S(C)(=O)=O)nc(Nc3ccc(Cl)cc3Cl)c2C1. The average molecular weight is 473 g/mol. The molecule has 0 atom stereocenters. The van der Waals surface area contributed by atoms with Crippen LogP contribution in [0.2, 0.25) is 10.0 Å². The maximum atomic E-state index is 12.5. The molecule has 0 bridgehead atoms. The summed E-state index contributed by atoms with van der Waals surface area (Å²) < 4.78 is 29.6. The van der Waals surface area contributed by atoms with Gasteiger partial charge in [-0.3, -0.25) is 0 Å². The molecule has 1 aliphatic rings. The van der Waals surface area contributed by atoms with Crippen molar-refractivity contribution in [2.75, 3.05) is 18.1 Å². The molecule has 11 heteroatoms. The Labute approximate surface area is 185 Å². The van der Waals surface area contributed by atoms with Gasteiger partial charge >= 0.3 is 6.09 Å². The number of halogens is 2. The van der Waals surface area contributed by atoms with Gasteiger partial charge in [0, 0.05) is 29.8 Å². The van der Waals surface area contributed by atoms with Gasteiger partial charge < -0.3 is 15.0 Å². The summed E-state index contributed by atoms with van der Waals surface area (Å²) in [5, 5.41) is 3.58. The van der Waals surface area contributed by atoms with Gasteiger partial charge in [0.25, 0.3) is 0 Å². The van der Waals surface area contributed by atoms with E-state index < -0.39 is 21.5 Å². The van der Waals surface area contributed by atoms with E-state index in [0.717, 1.165) is 6.26 Å². The van der Waals surface area contributed by atoms with Crippen molar-refractivity contribution >= 4 is 50.6 Å². The summed E-state index contributed by atoms with van der Waals surface area (Å²) in [6.45, 7) is 5.89. The van der Waals surface area contributed by atoms with E-state index in [1.165, 1.54) is 4.90 Å². The first-order valence-electron chi connectivity index (χ1n) is 9.13. The van der Waals surface area contributed by atoms with Crippen LogP contribution in [0.15, 0.2) is 23.4 Å². The van der Waals surface area contributed by atoms with Crippen LogP contribution in [-0.4, -0.2) is 47.8 Å². The zero-order chi connectivity index (χ0) is 22.3. The normalized spacial score (nSPS) is 14.3. The number of nitrogens with one attached hydrogen (secondary N) is 1. The van der Waals surface area contributed by atoms with Crippen molar-refractivity contribution in [3.05, 3.63) is 39.5 Å². The van der Waals surface area contributed by atoms with Crippen molar-refractivity contribution in [2.24, 2.45) is 0 Å². The highest BCUT2D eigenvalue weighted by Crippen LogP contribution is 2.32. The van der Waals surface area contributed by atoms with Gasteiger partial charge in [0.05, 0.1) is 22.9 Å². The van der Waals surface area contributed by atoms with E-state index in [4.69, 9.17) is 27.9 Å². The quantitative estimate of drug-likeness (QED) is 0.666. The van der Waals surface area contributed by atoms with Crippen LogP contribution in [0.1, 0.15) is 32.0 Å². The Hall–Kier alpha value is -2.10. The molecule has 1 aliphatic heterocycles. The number of carbonyl (C=O) groups excluding carboxylic acids is 1. The number of hydrogen-bond donors (Lipinski definition) is 1. The average Bonchev–Trinajstić information content (AvgIpc) is 2.61. The van der Waals surface area contributed by atoms with Crippen LogP contribution in [0.5, 0.6) is 0 Å². The van der Waals surface area contributed by atoms with Gasteiger partial charge in [-0.1, -0.05) is 23.2 Å². The molecule has 3 rings (SSSR count). The highest BCUT2D eigenvalue weighted by atomic mass is 35.5. The molecule has 0 spiro atoms. The van der Waals surface area contributed by atoms with Crippen LogP contribution in [0.25, 0.3) is 0 Å². The summed E-state index contributed by atoms with van der Waals surface area (Å²) in [4.78, 5) is 22.5. The minimum Gasteiger partial charge on any atom is -0.444 e. The third-order valence-electron chi connectivity index (χ3n) is 4.21. The molecule has 0 unspecified atom stereocenters. The number of benzene rings is 1. The lowest BCUT2D eigenvalue weighted by Crippen LogP contribution is -2.40. The number of anilines is 2. The zero-order valence-corrected chi connectivity index (χ0v) is 19.3. The summed E-state index contributed by atoms with van der Waals surface area (Å²) >= 11 is 12.2. The molecule has 0 saturated carbocycles. The molecule has 8 nitrogen and oxygen atoms in total. The third-order valence-corrected chi connectivity index (χ3v) is 5.60. The van der Waals surface area contributed by atoms with E-state index in [0.29, 0.717) is 40.0 Å². The molecule has 0 saturated heterocycles. The third kappa shape index (κ3) is 5.33. The Morgan fingerprint density at radius 3 is 2.53 bits per heavy atom. The minimum atomic E-state index is -3.64. The van der Waals surface area contributed by atoms with Gasteiger partial charge in [0.1, 0.15) is 11.4 Å². The number of carbonyl (C=O) groups is 1. The van der Waals surface area contributed by atoms with Crippen molar-refractivity contribution in [2.45, 2.75) is 44.5 Å². The number of nitrogens with zero attached hydrogens (tertiary/aromatic N) is 3. The molecule has 30 heavy (non-hydrogen) atoms. The number of fused-ring (bicyclic) bond motifs is 1. The van der Waals surface area contributed by atoms with Crippen molar-refractivity contribution in [3.63, 3.8) is 0 Å². The summed E-state index contributed by atoms with van der Waals surface area (Å²) in [7, 11) is -3.64. The highest BCUT2D eigenvalue weighted by Gasteiger charge is 2.30. The second-order valence-corrected chi connectivity index (χ2v) is 10.7. The molecule has 1 amide bonds. The molecule has 2 heterocycles. The highest BCUT2D eigenvalue weighted by molar-refractivity contribution is 7.90. The Morgan fingerprint density at radius 1 is 1.23 bits per heavy atom. The van der Waals surface area contributed by atoms with E-state index in [9.17, 15) is 13.2 Å². The molecule has 1 aromatic heterocycles. The fourth-order valence-corrected chi connectivity index (χ4v) is 3.85. The van der Waals surface area contributed by atoms with Crippen LogP contribution in [0.3, 0.4) is 0 Å². The number of sulfone groups is 1. The molecule has 2 aromatic rings. The van der Waals surface area contributed by atoms with Crippen LogP contribution in [0.4, 0.5) is 16.3 Å². The Balaban J connectivity index is 2.02. The maximum absolute atomic E-state index is 12.5. The summed E-state index contributed by atoms with van der Waals surface area (Å²) in [6, 6.07) is 4.87. The van der Waals surface area contributed by atoms with Crippen molar-refractivity contribution in [3.8, 4) is 0 Å². The molecule has 0 fully saturated rings. The minimum absolute atomic E-state index is 0.168. The molecule has 1 N–H and O–H groups in total. The Kier molecular flexibility index (Phi) is 6.18. The number of hydrogen-bond acceptors (Lipinski definition) is 7. The van der Waals surface area contributed by atoms with Gasteiger partial charge in [-0.15, -0.1) is 0 Å². The molecule has 162 valence electrons. The van der Waals surface area contributed by atoms with Crippen molar-refractivity contribution in [1.29, 1.82) is 0 Å². The summed E-state index contributed by atoms with van der Waals surface area (Å²) in [5.74, 6) is 0.262. The van der Waals surface area contributed by atoms with Gasteiger partial charge in [0.15, 0.2) is 0 Å². The first-order chi connectivity index (χ1) is 13.8. The second kappa shape index (κ2) is 8.20. The Morgan fingerprint density at radius 2 is 1.93 bits per heavy atom. The van der Waals surface area contributed by atoms with Crippen LogP contribution >= 0.6 is 23.2 Å². The summed E-state index contributed by atoms with van der Waals surface area (Å²) in [5.41, 5.74) is 1.02. The lowest BCUT2D eigenvalue weighted by molar-refractivity contribution is 0.0222. The van der Waals surface area contributed by atoms with Crippen LogP contribution < -0.4 is 5.32 Å². The summed E-state index contributed by atoms with van der Waals surface area (Å²) in [6.07, 6.45) is 0.947. The lowest BCUT2D eigenvalue weighted by atomic mass is 10.1. The standard InChI is InChI=1S/C19H22Cl2N4O4S/c1-19(2,3)29-18(26)25-8-7-14-12(10-25)16(24-17(23-14)30(4,27)28)22-15-6-5-11(20)9-13(15)21/h5-6,9H,7-8,10H2,1-4H3,(H,22,23,24). The first-order valence-corrected chi connectivity index (χ1v) is 11.8.